The van der Waals surface area contributed by atoms with Gasteiger partial charge in [0.05, 0.1) is 34.6 Å². The summed E-state index contributed by atoms with van der Waals surface area (Å²) in [5.41, 5.74) is 1.41. The van der Waals surface area contributed by atoms with Crippen molar-refractivity contribution in [3.8, 4) is 11.8 Å². The van der Waals surface area contributed by atoms with E-state index >= 15 is 0 Å². The fourth-order valence-electron chi connectivity index (χ4n) is 3.42. The Balaban J connectivity index is 1.53. The SMILES string of the molecule is Cc1nn(-c2ccccc2Cl)c2sc(C(=O)OCC(=O)N(CCC#N)c3ccccc3F)cc12. The third kappa shape index (κ3) is 4.64. The summed E-state index contributed by atoms with van der Waals surface area (Å²) in [5.74, 6) is -1.93. The number of ether oxygens (including phenoxy) is 1. The lowest BCUT2D eigenvalue weighted by Crippen LogP contribution is -2.36. The van der Waals surface area contributed by atoms with E-state index in [0.29, 0.717) is 26.1 Å². The van der Waals surface area contributed by atoms with Crippen LogP contribution in [0.25, 0.3) is 15.9 Å². The fraction of sp³-hybridized carbons (Fsp3) is 0.167. The van der Waals surface area contributed by atoms with E-state index in [1.807, 2.05) is 31.2 Å². The fourth-order valence-corrected chi connectivity index (χ4v) is 4.71. The molecule has 0 aliphatic rings. The van der Waals surface area contributed by atoms with Crippen molar-refractivity contribution in [1.82, 2.24) is 9.78 Å². The van der Waals surface area contributed by atoms with Crippen LogP contribution in [-0.4, -0.2) is 34.8 Å². The highest BCUT2D eigenvalue weighted by molar-refractivity contribution is 7.20. The number of rotatable bonds is 7. The van der Waals surface area contributed by atoms with Crippen LogP contribution < -0.4 is 4.90 Å². The minimum Gasteiger partial charge on any atom is -0.451 e. The molecule has 4 aromatic rings. The Kier molecular flexibility index (Phi) is 6.91. The molecular formula is C24H18ClFN4O3S. The summed E-state index contributed by atoms with van der Waals surface area (Å²) < 4.78 is 21.1. The van der Waals surface area contributed by atoms with E-state index in [-0.39, 0.29) is 18.7 Å². The number of nitrogens with zero attached hydrogens (tertiary/aromatic N) is 4. The summed E-state index contributed by atoms with van der Waals surface area (Å²) in [7, 11) is 0. The number of carbonyl (C=O) groups is 2. The monoisotopic (exact) mass is 496 g/mol. The standard InChI is InChI=1S/C24H18ClFN4O3S/c1-15-16-13-21(34-23(16)30(28-15)19-9-4-2-7-17(19)25)24(32)33-14-22(31)29(12-6-11-27)20-10-5-3-8-18(20)26/h2-5,7-10,13H,6,12,14H2,1H3. The lowest BCUT2D eigenvalue weighted by Gasteiger charge is -2.22. The van der Waals surface area contributed by atoms with E-state index in [1.165, 1.54) is 29.5 Å². The first-order valence-electron chi connectivity index (χ1n) is 10.2. The van der Waals surface area contributed by atoms with Gasteiger partial charge in [-0.05, 0) is 37.3 Å². The van der Waals surface area contributed by atoms with Crippen LogP contribution in [0.2, 0.25) is 5.02 Å². The second-order valence-electron chi connectivity index (χ2n) is 7.26. The van der Waals surface area contributed by atoms with E-state index < -0.39 is 24.3 Å². The van der Waals surface area contributed by atoms with E-state index in [0.717, 1.165) is 10.3 Å². The molecule has 0 saturated heterocycles. The second kappa shape index (κ2) is 10.0. The summed E-state index contributed by atoms with van der Waals surface area (Å²) in [5, 5.41) is 14.7. The molecule has 2 aromatic heterocycles. The van der Waals surface area contributed by atoms with Gasteiger partial charge >= 0.3 is 5.97 Å². The van der Waals surface area contributed by atoms with Crippen molar-refractivity contribution in [1.29, 1.82) is 5.26 Å². The summed E-state index contributed by atoms with van der Waals surface area (Å²) in [6.07, 6.45) is 0.00214. The van der Waals surface area contributed by atoms with Gasteiger partial charge in [0, 0.05) is 11.9 Å². The van der Waals surface area contributed by atoms with Crippen molar-refractivity contribution in [3.63, 3.8) is 0 Å². The molecular weight excluding hydrogens is 479 g/mol. The maximum atomic E-state index is 14.2. The molecule has 0 N–H and O–H groups in total. The molecule has 2 heterocycles. The number of aromatic nitrogens is 2. The Bertz CT molecular complexity index is 1430. The molecule has 1 amide bonds. The molecule has 7 nitrogen and oxygen atoms in total. The molecule has 10 heteroatoms. The number of para-hydroxylation sites is 2. The highest BCUT2D eigenvalue weighted by Crippen LogP contribution is 2.32. The highest BCUT2D eigenvalue weighted by Gasteiger charge is 2.23. The molecule has 0 unspecified atom stereocenters. The van der Waals surface area contributed by atoms with Crippen LogP contribution in [0.5, 0.6) is 0 Å². The number of benzene rings is 2. The molecule has 0 aliphatic carbocycles. The summed E-state index contributed by atoms with van der Waals surface area (Å²) in [4.78, 5) is 27.6. The van der Waals surface area contributed by atoms with Gasteiger partial charge in [0.1, 0.15) is 15.5 Å². The third-order valence-corrected chi connectivity index (χ3v) is 6.45. The number of halogens is 2. The van der Waals surface area contributed by atoms with Gasteiger partial charge in [0.15, 0.2) is 6.61 Å². The van der Waals surface area contributed by atoms with Crippen molar-refractivity contribution in [2.75, 3.05) is 18.1 Å². The van der Waals surface area contributed by atoms with Gasteiger partial charge in [-0.3, -0.25) is 4.79 Å². The number of esters is 1. The lowest BCUT2D eigenvalue weighted by atomic mass is 10.2. The van der Waals surface area contributed by atoms with E-state index in [4.69, 9.17) is 21.6 Å². The van der Waals surface area contributed by atoms with Crippen molar-refractivity contribution < 1.29 is 18.7 Å². The molecule has 0 saturated carbocycles. The average molecular weight is 497 g/mol. The minimum atomic E-state index is -0.687. The highest BCUT2D eigenvalue weighted by atomic mass is 35.5. The molecule has 0 spiro atoms. The normalized spacial score (nSPS) is 10.8. The van der Waals surface area contributed by atoms with Gasteiger partial charge in [-0.25, -0.2) is 13.9 Å². The molecule has 0 atom stereocenters. The van der Waals surface area contributed by atoms with Crippen molar-refractivity contribution in [2.45, 2.75) is 13.3 Å². The molecule has 0 radical (unpaired) electrons. The lowest BCUT2D eigenvalue weighted by molar-refractivity contribution is -0.121. The largest absolute Gasteiger partial charge is 0.451 e. The summed E-state index contributed by atoms with van der Waals surface area (Å²) in [6.45, 7) is 1.20. The van der Waals surface area contributed by atoms with Crippen molar-refractivity contribution in [3.05, 3.63) is 76.0 Å². The minimum absolute atomic E-state index is 0.00214. The van der Waals surface area contributed by atoms with Gasteiger partial charge in [-0.2, -0.15) is 10.4 Å². The first-order valence-corrected chi connectivity index (χ1v) is 11.4. The van der Waals surface area contributed by atoms with Crippen LogP contribution in [-0.2, 0) is 9.53 Å². The summed E-state index contributed by atoms with van der Waals surface area (Å²) in [6, 6.07) is 16.6. The van der Waals surface area contributed by atoms with Crippen LogP contribution in [0, 0.1) is 24.1 Å². The first-order chi connectivity index (χ1) is 16.4. The van der Waals surface area contributed by atoms with E-state index in [1.54, 1.807) is 22.9 Å². The zero-order valence-corrected chi connectivity index (χ0v) is 19.6. The van der Waals surface area contributed by atoms with Gasteiger partial charge in [-0.15, -0.1) is 11.3 Å². The zero-order valence-electron chi connectivity index (χ0n) is 18.0. The number of aryl methyl sites for hydroxylation is 1. The van der Waals surface area contributed by atoms with Crippen LogP contribution >= 0.6 is 22.9 Å². The average Bonchev–Trinajstić information content (AvgIpc) is 3.40. The van der Waals surface area contributed by atoms with Crippen molar-refractivity contribution in [2.24, 2.45) is 0 Å². The Morgan fingerprint density at radius 3 is 2.71 bits per heavy atom. The van der Waals surface area contributed by atoms with Crippen molar-refractivity contribution >= 4 is 50.7 Å². The third-order valence-electron chi connectivity index (χ3n) is 5.04. The Labute approximate surface area is 203 Å². The first kappa shape index (κ1) is 23.4. The Morgan fingerprint density at radius 1 is 1.24 bits per heavy atom. The predicted octanol–water partition coefficient (Wildman–Crippen LogP) is 5.29. The van der Waals surface area contributed by atoms with Gasteiger partial charge in [-0.1, -0.05) is 35.9 Å². The number of nitriles is 1. The molecule has 0 aliphatic heterocycles. The summed E-state index contributed by atoms with van der Waals surface area (Å²) >= 11 is 7.48. The van der Waals surface area contributed by atoms with E-state index in [2.05, 4.69) is 5.10 Å². The van der Waals surface area contributed by atoms with Crippen LogP contribution in [0.4, 0.5) is 10.1 Å². The Hall–Kier alpha value is -3.74. The number of carbonyl (C=O) groups excluding carboxylic acids is 2. The maximum Gasteiger partial charge on any atom is 0.348 e. The number of hydrogen-bond donors (Lipinski definition) is 0. The Morgan fingerprint density at radius 2 is 1.97 bits per heavy atom. The second-order valence-corrected chi connectivity index (χ2v) is 8.70. The van der Waals surface area contributed by atoms with Crippen LogP contribution in [0.3, 0.4) is 0 Å². The number of hydrogen-bond acceptors (Lipinski definition) is 6. The molecule has 2 aromatic carbocycles. The molecule has 0 bridgehead atoms. The number of thiophene rings is 1. The maximum absolute atomic E-state index is 14.2. The van der Waals surface area contributed by atoms with Gasteiger partial charge in [0.2, 0.25) is 0 Å². The predicted molar refractivity (Wildman–Crippen MR) is 128 cm³/mol. The number of amides is 1. The van der Waals surface area contributed by atoms with Gasteiger partial charge < -0.3 is 9.64 Å². The van der Waals surface area contributed by atoms with Crippen LogP contribution in [0.1, 0.15) is 21.8 Å². The molecule has 34 heavy (non-hydrogen) atoms. The quantitative estimate of drug-likeness (QED) is 0.324. The molecule has 172 valence electrons. The van der Waals surface area contributed by atoms with Crippen LogP contribution in [0.15, 0.2) is 54.6 Å². The number of fused-ring (bicyclic) bond motifs is 1. The molecule has 4 rings (SSSR count). The zero-order chi connectivity index (χ0) is 24.2. The molecule has 0 fully saturated rings. The van der Waals surface area contributed by atoms with E-state index in [9.17, 15) is 14.0 Å². The topological polar surface area (TPSA) is 88.2 Å². The smallest absolute Gasteiger partial charge is 0.348 e. The van der Waals surface area contributed by atoms with Gasteiger partial charge in [0.25, 0.3) is 5.91 Å². The number of anilines is 1.